The van der Waals surface area contributed by atoms with Crippen molar-refractivity contribution in [2.45, 2.75) is 13.8 Å². The quantitative estimate of drug-likeness (QED) is 0.608. The summed E-state index contributed by atoms with van der Waals surface area (Å²) in [6.07, 6.45) is 1.51. The van der Waals surface area contributed by atoms with Crippen LogP contribution in [0.5, 0.6) is 5.75 Å². The van der Waals surface area contributed by atoms with E-state index >= 15 is 0 Å². The molecular weight excluding hydrogens is 388 g/mol. The molecule has 0 radical (unpaired) electrons. The Kier molecular flexibility index (Phi) is 4.72. The predicted molar refractivity (Wildman–Crippen MR) is 86.2 cm³/mol. The molecule has 2 aromatic rings. The van der Waals surface area contributed by atoms with E-state index in [-0.39, 0.29) is 5.75 Å². The first-order valence-corrected chi connectivity index (χ1v) is 7.33. The van der Waals surface area contributed by atoms with E-state index in [1.54, 1.807) is 12.1 Å². The van der Waals surface area contributed by atoms with Gasteiger partial charge in [-0.05, 0) is 48.0 Å². The molecular formula is C13H12Br2N4O. The average molecular weight is 400 g/mol. The van der Waals surface area contributed by atoms with E-state index in [0.717, 1.165) is 15.9 Å². The first-order valence-electron chi connectivity index (χ1n) is 5.75. The van der Waals surface area contributed by atoms with Gasteiger partial charge in [-0.2, -0.15) is 5.10 Å². The van der Waals surface area contributed by atoms with Crippen molar-refractivity contribution in [3.63, 3.8) is 0 Å². The molecule has 2 N–H and O–H groups in total. The summed E-state index contributed by atoms with van der Waals surface area (Å²) in [5, 5.41) is 13.9. The van der Waals surface area contributed by atoms with Gasteiger partial charge in [0.2, 0.25) is 5.95 Å². The highest BCUT2D eigenvalue weighted by atomic mass is 79.9. The standard InChI is InChI=1S/C13H12Br2N4O/c1-7-3-8(2)18-13(17-7)19-16-6-9-4-10(14)5-11(15)12(9)20/h3-6,20H,1-2H3,(H,17,18,19)/b16-6-. The van der Waals surface area contributed by atoms with Crippen LogP contribution >= 0.6 is 31.9 Å². The topological polar surface area (TPSA) is 70.4 Å². The summed E-state index contributed by atoms with van der Waals surface area (Å²) in [4.78, 5) is 8.41. The number of nitrogens with one attached hydrogen (secondary N) is 1. The van der Waals surface area contributed by atoms with E-state index in [0.29, 0.717) is 16.0 Å². The Bertz CT molecular complexity index is 653. The fraction of sp³-hybridized carbons (Fsp3) is 0.154. The van der Waals surface area contributed by atoms with Crippen molar-refractivity contribution >= 4 is 44.0 Å². The number of hydrogen-bond donors (Lipinski definition) is 2. The lowest BCUT2D eigenvalue weighted by molar-refractivity contribution is 0.471. The van der Waals surface area contributed by atoms with E-state index < -0.39 is 0 Å². The maximum absolute atomic E-state index is 9.89. The number of phenolic OH excluding ortho intramolecular Hbond substituents is 1. The Morgan fingerprint density at radius 1 is 1.15 bits per heavy atom. The summed E-state index contributed by atoms with van der Waals surface area (Å²) in [6.45, 7) is 3.78. The van der Waals surface area contributed by atoms with Crippen LogP contribution in [-0.4, -0.2) is 21.3 Å². The monoisotopic (exact) mass is 398 g/mol. The molecule has 1 aromatic heterocycles. The van der Waals surface area contributed by atoms with Crippen LogP contribution in [0.1, 0.15) is 17.0 Å². The van der Waals surface area contributed by atoms with Crippen LogP contribution in [-0.2, 0) is 0 Å². The second-order valence-corrected chi connectivity index (χ2v) is 5.94. The van der Waals surface area contributed by atoms with Gasteiger partial charge in [0.05, 0.1) is 10.7 Å². The Labute approximate surface area is 133 Å². The maximum Gasteiger partial charge on any atom is 0.243 e. The fourth-order valence-electron chi connectivity index (χ4n) is 1.62. The number of anilines is 1. The number of hydrazone groups is 1. The molecule has 0 aliphatic heterocycles. The van der Waals surface area contributed by atoms with Crippen LogP contribution in [0.15, 0.2) is 32.2 Å². The molecule has 0 aliphatic rings. The van der Waals surface area contributed by atoms with Crippen LogP contribution in [0, 0.1) is 13.8 Å². The molecule has 2 rings (SSSR count). The van der Waals surface area contributed by atoms with Gasteiger partial charge >= 0.3 is 0 Å². The molecule has 1 aromatic carbocycles. The van der Waals surface area contributed by atoms with Crippen molar-refractivity contribution in [3.8, 4) is 5.75 Å². The molecule has 0 spiro atoms. The van der Waals surface area contributed by atoms with Crippen LogP contribution in [0.4, 0.5) is 5.95 Å². The zero-order valence-electron chi connectivity index (χ0n) is 10.9. The highest BCUT2D eigenvalue weighted by molar-refractivity contribution is 9.11. The molecule has 0 atom stereocenters. The van der Waals surface area contributed by atoms with Crippen LogP contribution in [0.3, 0.4) is 0 Å². The number of benzene rings is 1. The Balaban J connectivity index is 2.18. The smallest absolute Gasteiger partial charge is 0.243 e. The van der Waals surface area contributed by atoms with E-state index in [4.69, 9.17) is 0 Å². The Morgan fingerprint density at radius 3 is 2.45 bits per heavy atom. The third-order valence-electron chi connectivity index (χ3n) is 2.41. The van der Waals surface area contributed by atoms with Gasteiger partial charge in [0.1, 0.15) is 5.75 Å². The largest absolute Gasteiger partial charge is 0.506 e. The summed E-state index contributed by atoms with van der Waals surface area (Å²) in [6, 6.07) is 5.40. The minimum atomic E-state index is 0.125. The molecule has 0 aliphatic carbocycles. The SMILES string of the molecule is Cc1cc(C)nc(N/N=C\c2cc(Br)cc(Br)c2O)n1. The zero-order chi connectivity index (χ0) is 14.7. The summed E-state index contributed by atoms with van der Waals surface area (Å²) >= 11 is 6.62. The van der Waals surface area contributed by atoms with Crippen LogP contribution < -0.4 is 5.43 Å². The molecule has 7 heteroatoms. The second-order valence-electron chi connectivity index (χ2n) is 4.17. The molecule has 5 nitrogen and oxygen atoms in total. The summed E-state index contributed by atoms with van der Waals surface area (Å²) in [7, 11) is 0. The third-order valence-corrected chi connectivity index (χ3v) is 3.47. The lowest BCUT2D eigenvalue weighted by atomic mass is 10.2. The van der Waals surface area contributed by atoms with Gasteiger partial charge in [0.25, 0.3) is 0 Å². The fourth-order valence-corrected chi connectivity index (χ4v) is 2.88. The first-order chi connectivity index (χ1) is 9.45. The molecule has 20 heavy (non-hydrogen) atoms. The number of nitrogens with zero attached hydrogens (tertiary/aromatic N) is 3. The van der Waals surface area contributed by atoms with Crippen molar-refractivity contribution < 1.29 is 5.11 Å². The lowest BCUT2D eigenvalue weighted by Gasteiger charge is -2.04. The number of rotatable bonds is 3. The summed E-state index contributed by atoms with van der Waals surface area (Å²) < 4.78 is 1.43. The molecule has 1 heterocycles. The van der Waals surface area contributed by atoms with E-state index in [1.165, 1.54) is 6.21 Å². The molecule has 0 saturated heterocycles. The number of aromatic nitrogens is 2. The van der Waals surface area contributed by atoms with E-state index in [9.17, 15) is 5.11 Å². The van der Waals surface area contributed by atoms with E-state index in [2.05, 4.69) is 52.4 Å². The first kappa shape index (κ1) is 14.9. The molecule has 0 saturated carbocycles. The van der Waals surface area contributed by atoms with Gasteiger partial charge in [-0.1, -0.05) is 15.9 Å². The predicted octanol–water partition coefficient (Wildman–Crippen LogP) is 3.77. The van der Waals surface area contributed by atoms with Gasteiger partial charge in [0.15, 0.2) is 0 Å². The highest BCUT2D eigenvalue weighted by Gasteiger charge is 2.05. The Morgan fingerprint density at radius 2 is 1.80 bits per heavy atom. The van der Waals surface area contributed by atoms with Gasteiger partial charge in [-0.15, -0.1) is 0 Å². The molecule has 0 unspecified atom stereocenters. The molecule has 104 valence electrons. The van der Waals surface area contributed by atoms with Crippen molar-refractivity contribution in [1.29, 1.82) is 0 Å². The number of hydrogen-bond acceptors (Lipinski definition) is 5. The van der Waals surface area contributed by atoms with Crippen LogP contribution in [0.2, 0.25) is 0 Å². The third kappa shape index (κ3) is 3.77. The number of halogens is 2. The van der Waals surface area contributed by atoms with Crippen molar-refractivity contribution in [2.75, 3.05) is 5.43 Å². The molecule has 0 amide bonds. The molecule has 0 fully saturated rings. The number of phenols is 1. The number of aryl methyl sites for hydroxylation is 2. The van der Waals surface area contributed by atoms with Gasteiger partial charge < -0.3 is 5.11 Å². The zero-order valence-corrected chi connectivity index (χ0v) is 14.0. The number of aromatic hydroxyl groups is 1. The lowest BCUT2D eigenvalue weighted by Crippen LogP contribution is -1.99. The van der Waals surface area contributed by atoms with Gasteiger partial charge in [-0.25, -0.2) is 15.4 Å². The molecule has 0 bridgehead atoms. The average Bonchev–Trinajstić information content (AvgIpc) is 2.34. The van der Waals surface area contributed by atoms with Crippen molar-refractivity contribution in [3.05, 3.63) is 44.1 Å². The van der Waals surface area contributed by atoms with Gasteiger partial charge in [-0.3, -0.25) is 0 Å². The van der Waals surface area contributed by atoms with Crippen LogP contribution in [0.25, 0.3) is 0 Å². The maximum atomic E-state index is 9.89. The summed E-state index contributed by atoms with van der Waals surface area (Å²) in [5.41, 5.74) is 5.05. The highest BCUT2D eigenvalue weighted by Crippen LogP contribution is 2.30. The minimum absolute atomic E-state index is 0.125. The van der Waals surface area contributed by atoms with E-state index in [1.807, 2.05) is 19.9 Å². The minimum Gasteiger partial charge on any atom is -0.506 e. The second kappa shape index (κ2) is 6.32. The Hall–Kier alpha value is -1.47. The van der Waals surface area contributed by atoms with Crippen molar-refractivity contribution in [1.82, 2.24) is 9.97 Å². The summed E-state index contributed by atoms with van der Waals surface area (Å²) in [5.74, 6) is 0.549. The van der Waals surface area contributed by atoms with Crippen molar-refractivity contribution in [2.24, 2.45) is 5.10 Å². The normalized spacial score (nSPS) is 11.0. The van der Waals surface area contributed by atoms with Gasteiger partial charge in [0, 0.05) is 21.4 Å².